The average Bonchev–Trinajstić information content (AvgIpc) is 3.12. The number of benzene rings is 1. The van der Waals surface area contributed by atoms with Crippen LogP contribution in [0, 0.1) is 0 Å². The van der Waals surface area contributed by atoms with Gasteiger partial charge in [0.25, 0.3) is 5.91 Å². The van der Waals surface area contributed by atoms with Crippen LogP contribution in [0.3, 0.4) is 0 Å². The van der Waals surface area contributed by atoms with Gasteiger partial charge in [0.05, 0.1) is 18.5 Å². The molecule has 2 aromatic heterocycles. The van der Waals surface area contributed by atoms with Gasteiger partial charge in [0.2, 0.25) is 0 Å². The molecule has 140 valence electrons. The minimum absolute atomic E-state index is 0.0903. The van der Waals surface area contributed by atoms with Gasteiger partial charge in [0, 0.05) is 44.5 Å². The summed E-state index contributed by atoms with van der Waals surface area (Å²) < 4.78 is 7.56. The van der Waals surface area contributed by atoms with Gasteiger partial charge in [-0.1, -0.05) is 6.07 Å². The number of pyridine rings is 1. The predicted molar refractivity (Wildman–Crippen MR) is 104 cm³/mol. The summed E-state index contributed by atoms with van der Waals surface area (Å²) >= 11 is 0. The van der Waals surface area contributed by atoms with Crippen molar-refractivity contribution in [3.63, 3.8) is 0 Å². The summed E-state index contributed by atoms with van der Waals surface area (Å²) in [4.78, 5) is 21.5. The van der Waals surface area contributed by atoms with E-state index in [1.165, 1.54) is 5.69 Å². The van der Waals surface area contributed by atoms with Crippen LogP contribution < -0.4 is 4.74 Å². The normalized spacial score (nSPS) is 15.2. The number of hydrogen-bond donors (Lipinski definition) is 0. The third-order valence-electron chi connectivity index (χ3n) is 4.95. The van der Waals surface area contributed by atoms with Gasteiger partial charge in [-0.05, 0) is 43.3 Å². The van der Waals surface area contributed by atoms with Crippen molar-refractivity contribution < 1.29 is 9.53 Å². The molecule has 0 radical (unpaired) electrons. The summed E-state index contributed by atoms with van der Waals surface area (Å²) in [5, 5.41) is 0. The van der Waals surface area contributed by atoms with E-state index < -0.39 is 0 Å². The molecule has 1 aliphatic rings. The predicted octanol–water partition coefficient (Wildman–Crippen LogP) is 2.69. The number of imidazole rings is 1. The fourth-order valence-electron chi connectivity index (χ4n) is 3.48. The molecule has 1 aromatic carbocycles. The lowest BCUT2D eigenvalue weighted by Gasteiger charge is -2.34. The van der Waals surface area contributed by atoms with Gasteiger partial charge in [-0.15, -0.1) is 0 Å². The van der Waals surface area contributed by atoms with E-state index in [9.17, 15) is 4.79 Å². The summed E-state index contributed by atoms with van der Waals surface area (Å²) in [6, 6.07) is 13.4. The first-order valence-electron chi connectivity index (χ1n) is 9.40. The van der Waals surface area contributed by atoms with E-state index in [1.54, 1.807) is 0 Å². The largest absolute Gasteiger partial charge is 0.494 e. The number of hydrogen-bond acceptors (Lipinski definition) is 4. The molecule has 0 aliphatic carbocycles. The van der Waals surface area contributed by atoms with Crippen molar-refractivity contribution in [3.8, 4) is 5.75 Å². The number of ether oxygens (including phenoxy) is 1. The van der Waals surface area contributed by atoms with Crippen molar-refractivity contribution >= 4 is 11.6 Å². The van der Waals surface area contributed by atoms with Crippen LogP contribution in [-0.2, 0) is 6.54 Å². The molecule has 4 rings (SSSR count). The van der Waals surface area contributed by atoms with Gasteiger partial charge in [-0.3, -0.25) is 9.69 Å². The number of amides is 1. The van der Waals surface area contributed by atoms with Crippen LogP contribution in [0.4, 0.5) is 0 Å². The topological polar surface area (TPSA) is 50.1 Å². The molecule has 0 atom stereocenters. The fraction of sp³-hybridized carbons (Fsp3) is 0.333. The van der Waals surface area contributed by atoms with Crippen LogP contribution in [0.25, 0.3) is 5.65 Å². The number of aromatic nitrogens is 2. The van der Waals surface area contributed by atoms with Crippen LogP contribution in [-0.4, -0.2) is 57.9 Å². The number of carbonyl (C=O) groups is 1. The van der Waals surface area contributed by atoms with Crippen molar-refractivity contribution in [1.29, 1.82) is 0 Å². The van der Waals surface area contributed by atoms with E-state index in [0.717, 1.165) is 44.1 Å². The molecule has 3 aromatic rings. The number of nitrogens with zero attached hydrogens (tertiary/aromatic N) is 4. The van der Waals surface area contributed by atoms with Crippen LogP contribution in [0.15, 0.2) is 54.9 Å². The average molecular weight is 364 g/mol. The lowest BCUT2D eigenvalue weighted by atomic mass is 10.1. The summed E-state index contributed by atoms with van der Waals surface area (Å²) in [6.07, 6.45) is 3.98. The molecular formula is C21H24N4O2. The first kappa shape index (κ1) is 17.5. The summed E-state index contributed by atoms with van der Waals surface area (Å²) in [5.41, 5.74) is 2.86. The first-order valence-corrected chi connectivity index (χ1v) is 9.40. The highest BCUT2D eigenvalue weighted by Gasteiger charge is 2.22. The zero-order valence-corrected chi connectivity index (χ0v) is 15.5. The summed E-state index contributed by atoms with van der Waals surface area (Å²) in [7, 11) is 0. The SMILES string of the molecule is CCOc1ccc(C(=O)N2CCN(Cc3cnc4ccccn34)CC2)cc1. The Kier molecular flexibility index (Phi) is 5.07. The zero-order valence-electron chi connectivity index (χ0n) is 15.5. The summed E-state index contributed by atoms with van der Waals surface area (Å²) in [6.45, 7) is 6.63. The van der Waals surface area contributed by atoms with Crippen molar-refractivity contribution in [1.82, 2.24) is 19.2 Å². The van der Waals surface area contributed by atoms with Crippen molar-refractivity contribution in [2.75, 3.05) is 32.8 Å². The van der Waals surface area contributed by atoms with Crippen molar-refractivity contribution in [3.05, 3.63) is 66.1 Å². The van der Waals surface area contributed by atoms with Crippen LogP contribution in [0.1, 0.15) is 23.0 Å². The van der Waals surface area contributed by atoms with Gasteiger partial charge >= 0.3 is 0 Å². The van der Waals surface area contributed by atoms with Gasteiger partial charge in [0.15, 0.2) is 0 Å². The van der Waals surface area contributed by atoms with Gasteiger partial charge in [0.1, 0.15) is 11.4 Å². The minimum Gasteiger partial charge on any atom is -0.494 e. The molecule has 6 heteroatoms. The van der Waals surface area contributed by atoms with Crippen LogP contribution in [0.5, 0.6) is 5.75 Å². The van der Waals surface area contributed by atoms with Gasteiger partial charge < -0.3 is 14.0 Å². The lowest BCUT2D eigenvalue weighted by molar-refractivity contribution is 0.0626. The molecule has 27 heavy (non-hydrogen) atoms. The number of fused-ring (bicyclic) bond motifs is 1. The lowest BCUT2D eigenvalue weighted by Crippen LogP contribution is -2.48. The fourth-order valence-corrected chi connectivity index (χ4v) is 3.48. The minimum atomic E-state index is 0.0903. The molecule has 1 saturated heterocycles. The standard InChI is InChI=1S/C21H24N4O2/c1-2-27-19-8-6-17(7-9-19)21(26)24-13-11-23(12-14-24)16-18-15-22-20-5-3-4-10-25(18)20/h3-10,15H,2,11-14,16H2,1H3. The van der Waals surface area contributed by atoms with E-state index in [4.69, 9.17) is 4.74 Å². The molecule has 1 fully saturated rings. The Bertz CT molecular complexity index is 911. The maximum atomic E-state index is 12.7. The maximum absolute atomic E-state index is 12.7. The quantitative estimate of drug-likeness (QED) is 0.698. The Hall–Kier alpha value is -2.86. The van der Waals surface area contributed by atoms with E-state index in [1.807, 2.05) is 66.7 Å². The molecule has 0 saturated carbocycles. The molecule has 0 N–H and O–H groups in total. The Morgan fingerprint density at radius 3 is 2.59 bits per heavy atom. The van der Waals surface area contributed by atoms with Gasteiger partial charge in [-0.2, -0.15) is 0 Å². The first-order chi connectivity index (χ1) is 13.2. The highest BCUT2D eigenvalue weighted by Crippen LogP contribution is 2.16. The Morgan fingerprint density at radius 2 is 1.85 bits per heavy atom. The van der Waals surface area contributed by atoms with E-state index in [0.29, 0.717) is 12.2 Å². The van der Waals surface area contributed by atoms with Crippen LogP contribution in [0.2, 0.25) is 0 Å². The Balaban J connectivity index is 1.35. The second-order valence-corrected chi connectivity index (χ2v) is 6.70. The molecule has 1 amide bonds. The molecule has 3 heterocycles. The van der Waals surface area contributed by atoms with Crippen molar-refractivity contribution in [2.24, 2.45) is 0 Å². The van der Waals surface area contributed by atoms with Gasteiger partial charge in [-0.25, -0.2) is 4.98 Å². The number of rotatable bonds is 5. The third-order valence-corrected chi connectivity index (χ3v) is 4.95. The zero-order chi connectivity index (χ0) is 18.6. The van der Waals surface area contributed by atoms with Crippen LogP contribution >= 0.6 is 0 Å². The van der Waals surface area contributed by atoms with E-state index in [2.05, 4.69) is 14.3 Å². The number of piperazine rings is 1. The molecule has 0 unspecified atom stereocenters. The molecule has 1 aliphatic heterocycles. The monoisotopic (exact) mass is 364 g/mol. The molecule has 0 spiro atoms. The highest BCUT2D eigenvalue weighted by atomic mass is 16.5. The molecular weight excluding hydrogens is 340 g/mol. The molecule has 6 nitrogen and oxygen atoms in total. The Labute approximate surface area is 159 Å². The molecule has 0 bridgehead atoms. The van der Waals surface area contributed by atoms with Crippen molar-refractivity contribution in [2.45, 2.75) is 13.5 Å². The second-order valence-electron chi connectivity index (χ2n) is 6.70. The number of carbonyl (C=O) groups excluding carboxylic acids is 1. The maximum Gasteiger partial charge on any atom is 0.253 e. The van der Waals surface area contributed by atoms with E-state index >= 15 is 0 Å². The Morgan fingerprint density at radius 1 is 1.07 bits per heavy atom. The third kappa shape index (κ3) is 3.80. The smallest absolute Gasteiger partial charge is 0.253 e. The summed E-state index contributed by atoms with van der Waals surface area (Å²) in [5.74, 6) is 0.888. The second kappa shape index (κ2) is 7.80. The highest BCUT2D eigenvalue weighted by molar-refractivity contribution is 5.94. The van der Waals surface area contributed by atoms with E-state index in [-0.39, 0.29) is 5.91 Å².